The van der Waals surface area contributed by atoms with Crippen LogP contribution in [0.25, 0.3) is 0 Å². The van der Waals surface area contributed by atoms with Crippen molar-refractivity contribution in [3.8, 4) is 0 Å². The third-order valence-electron chi connectivity index (χ3n) is 2.24. The van der Waals surface area contributed by atoms with Crippen LogP contribution < -0.4 is 5.32 Å². The molecular formula is C11H11N3O3S. The van der Waals surface area contributed by atoms with E-state index >= 15 is 0 Å². The highest BCUT2D eigenvalue weighted by Gasteiger charge is 2.12. The first-order valence-electron chi connectivity index (χ1n) is 5.16. The number of carboxylic acid groups (broad SMARTS) is 1. The van der Waals surface area contributed by atoms with Crippen molar-refractivity contribution < 1.29 is 14.7 Å². The van der Waals surface area contributed by atoms with E-state index in [0.717, 1.165) is 17.0 Å². The normalized spacial score (nSPS) is 10.3. The summed E-state index contributed by atoms with van der Waals surface area (Å²) in [4.78, 5) is 22.9. The van der Waals surface area contributed by atoms with Gasteiger partial charge in [0.25, 0.3) is 5.91 Å². The summed E-state index contributed by atoms with van der Waals surface area (Å²) in [7, 11) is 1.80. The Kier molecular flexibility index (Phi) is 3.42. The summed E-state index contributed by atoms with van der Waals surface area (Å²) < 4.78 is 1.65. The highest BCUT2D eigenvalue weighted by Crippen LogP contribution is 2.16. The summed E-state index contributed by atoms with van der Waals surface area (Å²) in [5.74, 6) is -1.32. The fourth-order valence-electron chi connectivity index (χ4n) is 1.39. The molecule has 0 radical (unpaired) electrons. The van der Waals surface area contributed by atoms with Crippen LogP contribution in [0.5, 0.6) is 0 Å². The Balaban J connectivity index is 1.97. The fraction of sp³-hybridized carbons (Fsp3) is 0.182. The predicted molar refractivity (Wildman–Crippen MR) is 65.7 cm³/mol. The Labute approximate surface area is 107 Å². The molecule has 0 bridgehead atoms. The van der Waals surface area contributed by atoms with Gasteiger partial charge >= 0.3 is 5.97 Å². The molecule has 2 aromatic rings. The molecule has 2 N–H and O–H groups in total. The van der Waals surface area contributed by atoms with Gasteiger partial charge in [-0.2, -0.15) is 5.10 Å². The molecule has 0 saturated carbocycles. The molecular weight excluding hydrogens is 254 g/mol. The van der Waals surface area contributed by atoms with E-state index in [9.17, 15) is 9.59 Å². The SMILES string of the molecule is Cn1ccc(CNC(=O)c2ccc(C(=O)O)s2)n1. The molecule has 0 fully saturated rings. The van der Waals surface area contributed by atoms with Gasteiger partial charge in [0, 0.05) is 13.2 Å². The van der Waals surface area contributed by atoms with Crippen molar-refractivity contribution in [2.45, 2.75) is 6.54 Å². The van der Waals surface area contributed by atoms with Crippen molar-refractivity contribution in [2.75, 3.05) is 0 Å². The van der Waals surface area contributed by atoms with Crippen LogP contribution in [0.3, 0.4) is 0 Å². The van der Waals surface area contributed by atoms with Crippen molar-refractivity contribution in [3.63, 3.8) is 0 Å². The lowest BCUT2D eigenvalue weighted by Crippen LogP contribution is -2.22. The second-order valence-corrected chi connectivity index (χ2v) is 4.72. The Morgan fingerprint density at radius 3 is 2.67 bits per heavy atom. The molecule has 2 heterocycles. The molecule has 0 saturated heterocycles. The molecule has 2 aromatic heterocycles. The largest absolute Gasteiger partial charge is 0.477 e. The van der Waals surface area contributed by atoms with Crippen LogP contribution in [-0.2, 0) is 13.6 Å². The average molecular weight is 265 g/mol. The number of hydrogen-bond acceptors (Lipinski definition) is 4. The van der Waals surface area contributed by atoms with Crippen LogP contribution >= 0.6 is 11.3 Å². The van der Waals surface area contributed by atoms with Gasteiger partial charge in [0.05, 0.1) is 17.1 Å². The van der Waals surface area contributed by atoms with E-state index in [1.807, 2.05) is 0 Å². The number of aromatic carboxylic acids is 1. The minimum atomic E-state index is -1.02. The smallest absolute Gasteiger partial charge is 0.345 e. The number of nitrogens with zero attached hydrogens (tertiary/aromatic N) is 2. The summed E-state index contributed by atoms with van der Waals surface area (Å²) in [5, 5.41) is 15.6. The maximum absolute atomic E-state index is 11.7. The number of carboxylic acids is 1. The van der Waals surface area contributed by atoms with E-state index in [4.69, 9.17) is 5.11 Å². The molecule has 0 aliphatic rings. The van der Waals surface area contributed by atoms with Crippen molar-refractivity contribution in [3.05, 3.63) is 39.8 Å². The van der Waals surface area contributed by atoms with Gasteiger partial charge in [0.15, 0.2) is 0 Å². The summed E-state index contributed by atoms with van der Waals surface area (Å²) in [6.07, 6.45) is 1.79. The first-order chi connectivity index (χ1) is 8.56. The van der Waals surface area contributed by atoms with Crippen molar-refractivity contribution in [2.24, 2.45) is 7.05 Å². The molecule has 0 atom stereocenters. The first kappa shape index (κ1) is 12.3. The van der Waals surface area contributed by atoms with Gasteiger partial charge in [0.1, 0.15) is 4.88 Å². The monoisotopic (exact) mass is 265 g/mol. The number of carbonyl (C=O) groups is 2. The lowest BCUT2D eigenvalue weighted by molar-refractivity contribution is 0.0702. The van der Waals surface area contributed by atoms with Crippen molar-refractivity contribution in [1.29, 1.82) is 0 Å². The zero-order chi connectivity index (χ0) is 13.1. The van der Waals surface area contributed by atoms with Crippen LogP contribution in [0, 0.1) is 0 Å². The van der Waals surface area contributed by atoms with Gasteiger partial charge in [-0.15, -0.1) is 11.3 Å². The Morgan fingerprint density at radius 1 is 1.39 bits per heavy atom. The lowest BCUT2D eigenvalue weighted by atomic mass is 10.4. The van der Waals surface area contributed by atoms with Gasteiger partial charge in [-0.1, -0.05) is 0 Å². The number of rotatable bonds is 4. The number of aromatic nitrogens is 2. The maximum Gasteiger partial charge on any atom is 0.345 e. The number of aryl methyl sites for hydroxylation is 1. The second-order valence-electron chi connectivity index (χ2n) is 3.63. The van der Waals surface area contributed by atoms with E-state index in [1.165, 1.54) is 12.1 Å². The third kappa shape index (κ3) is 2.75. The summed E-state index contributed by atoms with van der Waals surface area (Å²) in [6, 6.07) is 4.72. The number of nitrogens with one attached hydrogen (secondary N) is 1. The zero-order valence-electron chi connectivity index (χ0n) is 9.58. The van der Waals surface area contributed by atoms with E-state index in [-0.39, 0.29) is 10.8 Å². The maximum atomic E-state index is 11.7. The van der Waals surface area contributed by atoms with Crippen LogP contribution in [0.4, 0.5) is 0 Å². The summed E-state index contributed by atoms with van der Waals surface area (Å²) in [5.41, 5.74) is 0.751. The molecule has 94 valence electrons. The number of hydrogen-bond donors (Lipinski definition) is 2. The zero-order valence-corrected chi connectivity index (χ0v) is 10.4. The van der Waals surface area contributed by atoms with E-state index in [1.54, 1.807) is 24.0 Å². The van der Waals surface area contributed by atoms with E-state index < -0.39 is 5.97 Å². The first-order valence-corrected chi connectivity index (χ1v) is 5.98. The Morgan fingerprint density at radius 2 is 2.11 bits per heavy atom. The van der Waals surface area contributed by atoms with Crippen LogP contribution in [-0.4, -0.2) is 26.8 Å². The molecule has 18 heavy (non-hydrogen) atoms. The minimum Gasteiger partial charge on any atom is -0.477 e. The van der Waals surface area contributed by atoms with Crippen LogP contribution in [0.15, 0.2) is 24.4 Å². The molecule has 6 nitrogen and oxygen atoms in total. The molecule has 0 spiro atoms. The molecule has 0 unspecified atom stereocenters. The van der Waals surface area contributed by atoms with Gasteiger partial charge in [-0.25, -0.2) is 4.79 Å². The average Bonchev–Trinajstić information content (AvgIpc) is 2.94. The lowest BCUT2D eigenvalue weighted by Gasteiger charge is -2.00. The van der Waals surface area contributed by atoms with Gasteiger partial charge in [0.2, 0.25) is 0 Å². The molecule has 2 rings (SSSR count). The highest BCUT2D eigenvalue weighted by atomic mass is 32.1. The Bertz CT molecular complexity index is 588. The van der Waals surface area contributed by atoms with E-state index in [0.29, 0.717) is 11.4 Å². The highest BCUT2D eigenvalue weighted by molar-refractivity contribution is 7.15. The number of thiophene rings is 1. The van der Waals surface area contributed by atoms with E-state index in [2.05, 4.69) is 10.4 Å². The molecule has 0 aliphatic carbocycles. The standard InChI is InChI=1S/C11H11N3O3S/c1-14-5-4-7(13-14)6-12-10(15)8-2-3-9(18-8)11(16)17/h2-5H,6H2,1H3,(H,12,15)(H,16,17). The number of carbonyl (C=O) groups excluding carboxylic acids is 1. The molecule has 7 heteroatoms. The quantitative estimate of drug-likeness (QED) is 0.867. The van der Waals surface area contributed by atoms with Gasteiger partial charge in [-0.05, 0) is 18.2 Å². The van der Waals surface area contributed by atoms with Gasteiger partial charge < -0.3 is 10.4 Å². The predicted octanol–water partition coefficient (Wildman–Crippen LogP) is 1.11. The minimum absolute atomic E-state index is 0.151. The fourth-order valence-corrected chi connectivity index (χ4v) is 2.15. The topological polar surface area (TPSA) is 84.2 Å². The Hall–Kier alpha value is -2.15. The third-order valence-corrected chi connectivity index (χ3v) is 3.31. The summed E-state index contributed by atoms with van der Waals surface area (Å²) in [6.45, 7) is 0.319. The van der Waals surface area contributed by atoms with Crippen molar-refractivity contribution >= 4 is 23.2 Å². The molecule has 1 amide bonds. The molecule has 0 aliphatic heterocycles. The second kappa shape index (κ2) is 5.01. The van der Waals surface area contributed by atoms with Crippen LogP contribution in [0.2, 0.25) is 0 Å². The van der Waals surface area contributed by atoms with Crippen molar-refractivity contribution in [1.82, 2.24) is 15.1 Å². The summed E-state index contributed by atoms with van der Waals surface area (Å²) >= 11 is 0.952. The number of amides is 1. The van der Waals surface area contributed by atoms with Gasteiger partial charge in [-0.3, -0.25) is 9.48 Å². The van der Waals surface area contributed by atoms with Crippen LogP contribution in [0.1, 0.15) is 25.0 Å². The molecule has 0 aromatic carbocycles.